The van der Waals surface area contributed by atoms with Crippen LogP contribution in [0.3, 0.4) is 0 Å². The van der Waals surface area contributed by atoms with Crippen molar-refractivity contribution in [2.24, 2.45) is 0 Å². The monoisotopic (exact) mass is 381 g/mol. The number of halogens is 1. The van der Waals surface area contributed by atoms with Crippen LogP contribution in [-0.4, -0.2) is 34.7 Å². The number of aromatic amines is 1. The van der Waals surface area contributed by atoms with Gasteiger partial charge in [0.2, 0.25) is 5.91 Å². The second-order valence-electron chi connectivity index (χ2n) is 5.56. The van der Waals surface area contributed by atoms with E-state index in [1.807, 2.05) is 6.07 Å². The Morgan fingerprint density at radius 1 is 1.48 bits per heavy atom. The predicted octanol–water partition coefficient (Wildman–Crippen LogP) is 1.35. The quantitative estimate of drug-likeness (QED) is 0.642. The van der Waals surface area contributed by atoms with E-state index in [0.717, 1.165) is 21.5 Å². The van der Waals surface area contributed by atoms with Crippen molar-refractivity contribution in [1.29, 1.82) is 0 Å². The van der Waals surface area contributed by atoms with Crippen LogP contribution in [0, 0.1) is 0 Å². The molecule has 0 saturated carbocycles. The van der Waals surface area contributed by atoms with E-state index in [2.05, 4.69) is 20.9 Å². The Morgan fingerprint density at radius 3 is 2.91 bits per heavy atom. The number of carbonyl (C=O) groups excluding carboxylic acids is 1. The van der Waals surface area contributed by atoms with Crippen molar-refractivity contribution < 1.29 is 9.63 Å². The van der Waals surface area contributed by atoms with Gasteiger partial charge in [-0.05, 0) is 30.5 Å². The van der Waals surface area contributed by atoms with E-state index in [1.54, 1.807) is 6.07 Å². The van der Waals surface area contributed by atoms with Gasteiger partial charge in [-0.15, -0.1) is 0 Å². The first-order valence-electron chi connectivity index (χ1n) is 7.20. The molecule has 0 radical (unpaired) electrons. The summed E-state index contributed by atoms with van der Waals surface area (Å²) in [7, 11) is 2.93. The van der Waals surface area contributed by atoms with E-state index in [4.69, 9.17) is 4.84 Å². The van der Waals surface area contributed by atoms with Crippen molar-refractivity contribution >= 4 is 32.9 Å². The van der Waals surface area contributed by atoms with Gasteiger partial charge in [0.15, 0.2) is 0 Å². The third-order valence-electron chi connectivity index (χ3n) is 4.20. The van der Waals surface area contributed by atoms with Crippen LogP contribution in [0.1, 0.15) is 24.4 Å². The summed E-state index contributed by atoms with van der Waals surface area (Å²) in [5, 5.41) is 1.13. The number of hydrogen-bond donors (Lipinski definition) is 1. The molecular weight excluding hydrogens is 366 g/mol. The van der Waals surface area contributed by atoms with E-state index in [9.17, 15) is 14.4 Å². The lowest BCUT2D eigenvalue weighted by atomic mass is 9.96. The minimum absolute atomic E-state index is 0.109. The first-order chi connectivity index (χ1) is 10.9. The third-order valence-corrected chi connectivity index (χ3v) is 4.66. The summed E-state index contributed by atoms with van der Waals surface area (Å²) in [4.78, 5) is 43.9. The number of nitrogens with one attached hydrogen (secondary N) is 1. The average molecular weight is 382 g/mol. The fraction of sp³-hybridized carbons (Fsp3) is 0.400. The molecule has 1 amide bonds. The molecule has 2 aromatic rings. The van der Waals surface area contributed by atoms with E-state index in [0.29, 0.717) is 17.5 Å². The molecule has 23 heavy (non-hydrogen) atoms. The molecule has 7 nitrogen and oxygen atoms in total. The van der Waals surface area contributed by atoms with Crippen molar-refractivity contribution in [2.75, 3.05) is 14.2 Å². The van der Waals surface area contributed by atoms with Gasteiger partial charge in [-0.25, -0.2) is 5.06 Å². The maximum absolute atomic E-state index is 12.4. The maximum atomic E-state index is 12.4. The molecule has 1 aliphatic rings. The topological polar surface area (TPSA) is 84.4 Å². The largest absolute Gasteiger partial charge is 0.317 e. The summed E-state index contributed by atoms with van der Waals surface area (Å²) in [6.07, 6.45) is 1.46. The van der Waals surface area contributed by atoms with Crippen molar-refractivity contribution in [3.05, 3.63) is 42.9 Å². The molecule has 0 aliphatic carbocycles. The Morgan fingerprint density at radius 2 is 2.22 bits per heavy atom. The van der Waals surface area contributed by atoms with Gasteiger partial charge in [-0.2, -0.15) is 0 Å². The first-order valence-corrected chi connectivity index (χ1v) is 7.99. The Labute approximate surface area is 139 Å². The number of nitrogens with zero attached hydrogens (tertiary/aromatic N) is 2. The zero-order valence-corrected chi connectivity index (χ0v) is 14.3. The highest BCUT2D eigenvalue weighted by Crippen LogP contribution is 2.32. The molecule has 1 aliphatic heterocycles. The highest BCUT2D eigenvalue weighted by Gasteiger charge is 2.27. The van der Waals surface area contributed by atoms with Crippen molar-refractivity contribution in [2.45, 2.75) is 25.3 Å². The summed E-state index contributed by atoms with van der Waals surface area (Å²) < 4.78 is 2.30. The van der Waals surface area contributed by atoms with Crippen molar-refractivity contribution in [1.82, 2.24) is 14.6 Å². The Bertz CT molecular complexity index is 902. The number of hydrogen-bond acceptors (Lipinski definition) is 4. The van der Waals surface area contributed by atoms with Crippen LogP contribution in [0.2, 0.25) is 0 Å². The summed E-state index contributed by atoms with van der Waals surface area (Å²) in [5.41, 5.74) is 0.962. The van der Waals surface area contributed by atoms with Gasteiger partial charge in [0.1, 0.15) is 0 Å². The van der Waals surface area contributed by atoms with Crippen LogP contribution >= 0.6 is 15.9 Å². The average Bonchev–Trinajstić information content (AvgIpc) is 2.52. The molecular formula is C15H16BrN3O4. The van der Waals surface area contributed by atoms with Crippen LogP contribution in [-0.2, 0) is 16.1 Å². The van der Waals surface area contributed by atoms with Gasteiger partial charge in [-0.1, -0.05) is 15.9 Å². The highest BCUT2D eigenvalue weighted by atomic mass is 79.9. The van der Waals surface area contributed by atoms with Gasteiger partial charge >= 0.3 is 11.1 Å². The molecule has 1 atom stereocenters. The molecule has 1 aromatic heterocycles. The number of rotatable bonds is 3. The summed E-state index contributed by atoms with van der Waals surface area (Å²) in [6, 6.07) is 3.35. The zero-order valence-electron chi connectivity index (χ0n) is 12.8. The predicted molar refractivity (Wildman–Crippen MR) is 88.3 cm³/mol. The van der Waals surface area contributed by atoms with Crippen LogP contribution in [0.5, 0.6) is 0 Å². The molecule has 0 saturated heterocycles. The number of aryl methyl sites for hydroxylation is 1. The molecule has 8 heteroatoms. The lowest BCUT2D eigenvalue weighted by Gasteiger charge is -2.28. The number of benzene rings is 1. The smallest absolute Gasteiger partial charge is 0.316 e. The molecule has 3 rings (SSSR count). The molecule has 2 heterocycles. The number of H-pyrrole nitrogens is 1. The van der Waals surface area contributed by atoms with E-state index in [1.165, 1.54) is 18.7 Å². The molecule has 122 valence electrons. The van der Waals surface area contributed by atoms with Gasteiger partial charge in [0, 0.05) is 24.0 Å². The highest BCUT2D eigenvalue weighted by molar-refractivity contribution is 9.10. The second kappa shape index (κ2) is 5.93. The zero-order chi connectivity index (χ0) is 16.7. The number of amides is 1. The van der Waals surface area contributed by atoms with Crippen LogP contribution in [0.15, 0.2) is 26.2 Å². The van der Waals surface area contributed by atoms with E-state index in [-0.39, 0.29) is 18.4 Å². The van der Waals surface area contributed by atoms with Crippen LogP contribution in [0.4, 0.5) is 0 Å². The van der Waals surface area contributed by atoms with Crippen LogP contribution in [0.25, 0.3) is 11.0 Å². The summed E-state index contributed by atoms with van der Waals surface area (Å²) >= 11 is 3.41. The summed E-state index contributed by atoms with van der Waals surface area (Å²) in [5.74, 6) is -0.238. The minimum atomic E-state index is -0.680. The number of aromatic nitrogens is 2. The number of hydroxylamine groups is 2. The third kappa shape index (κ3) is 2.72. The second-order valence-corrected chi connectivity index (χ2v) is 6.48. The molecule has 0 spiro atoms. The molecule has 0 bridgehead atoms. The maximum Gasteiger partial charge on any atom is 0.317 e. The van der Waals surface area contributed by atoms with Gasteiger partial charge in [-0.3, -0.25) is 23.8 Å². The minimum Gasteiger partial charge on any atom is -0.316 e. The van der Waals surface area contributed by atoms with Crippen molar-refractivity contribution in [3.8, 4) is 0 Å². The lowest BCUT2D eigenvalue weighted by molar-refractivity contribution is -0.169. The number of carbonyl (C=O) groups is 1. The fourth-order valence-electron chi connectivity index (χ4n) is 3.04. The SMILES string of the molecule is CON(C)C(=O)CC1CCc2cc(Br)cc3[nH]c(=O)c(=O)n1c23. The lowest BCUT2D eigenvalue weighted by Crippen LogP contribution is -2.41. The van der Waals surface area contributed by atoms with Crippen molar-refractivity contribution in [3.63, 3.8) is 0 Å². The molecule has 1 unspecified atom stereocenters. The summed E-state index contributed by atoms with van der Waals surface area (Å²) in [6.45, 7) is 0. The Balaban J connectivity index is 2.17. The first kappa shape index (κ1) is 15.9. The Hall–Kier alpha value is -1.93. The Kier molecular flexibility index (Phi) is 4.11. The fourth-order valence-corrected chi connectivity index (χ4v) is 3.54. The standard InChI is InChI=1S/C15H16BrN3O4/c1-18(23-2)12(20)7-10-4-3-8-5-9(16)6-11-13(8)19(10)15(22)14(21)17-11/h5-6,10H,3-4,7H2,1-2H3,(H,17,21). The molecule has 0 fully saturated rings. The normalized spacial score (nSPS) is 16.6. The van der Waals surface area contributed by atoms with E-state index >= 15 is 0 Å². The van der Waals surface area contributed by atoms with Gasteiger partial charge in [0.05, 0.1) is 18.1 Å². The molecule has 1 N–H and O–H groups in total. The van der Waals surface area contributed by atoms with Crippen LogP contribution < -0.4 is 11.1 Å². The molecule has 1 aromatic carbocycles. The van der Waals surface area contributed by atoms with E-state index < -0.39 is 11.1 Å². The van der Waals surface area contributed by atoms with Gasteiger partial charge in [0.25, 0.3) is 0 Å². The van der Waals surface area contributed by atoms with Gasteiger partial charge < -0.3 is 4.98 Å².